The highest BCUT2D eigenvalue weighted by molar-refractivity contribution is 7.98. The summed E-state index contributed by atoms with van der Waals surface area (Å²) in [6.07, 6.45) is 0. The molecule has 2 aromatic carbocycles. The standard InChI is InChI=1S/C19H16N4O4S/c1-24-14-9-8-13(10-15(14)25-2)18-22-23-19(27-18)28-11-16-20-21-17(26-16)12-6-4-3-5-7-12/h3-10H,11H2,1-2H3. The first-order valence-corrected chi connectivity index (χ1v) is 9.32. The lowest BCUT2D eigenvalue weighted by atomic mass is 10.2. The van der Waals surface area contributed by atoms with E-state index in [4.69, 9.17) is 18.3 Å². The Morgan fingerprint density at radius 1 is 0.786 bits per heavy atom. The molecule has 0 bridgehead atoms. The molecule has 0 spiro atoms. The lowest BCUT2D eigenvalue weighted by molar-refractivity contribution is 0.355. The van der Waals surface area contributed by atoms with Crippen molar-refractivity contribution >= 4 is 11.8 Å². The highest BCUT2D eigenvalue weighted by Crippen LogP contribution is 2.33. The van der Waals surface area contributed by atoms with Crippen LogP contribution in [0.3, 0.4) is 0 Å². The molecule has 8 nitrogen and oxygen atoms in total. The normalized spacial score (nSPS) is 10.8. The molecule has 0 atom stereocenters. The molecule has 4 aromatic rings. The van der Waals surface area contributed by atoms with E-state index in [0.717, 1.165) is 11.1 Å². The average molecular weight is 396 g/mol. The minimum Gasteiger partial charge on any atom is -0.493 e. The molecule has 0 aliphatic heterocycles. The second-order valence-corrected chi connectivity index (χ2v) is 6.53. The van der Waals surface area contributed by atoms with Crippen LogP contribution in [0.5, 0.6) is 11.5 Å². The summed E-state index contributed by atoms with van der Waals surface area (Å²) in [5.74, 6) is 2.99. The molecular formula is C19H16N4O4S. The molecule has 2 aromatic heterocycles. The maximum atomic E-state index is 5.71. The number of thioether (sulfide) groups is 1. The molecule has 0 fully saturated rings. The zero-order valence-corrected chi connectivity index (χ0v) is 16.0. The minimum absolute atomic E-state index is 0.388. The van der Waals surface area contributed by atoms with E-state index >= 15 is 0 Å². The Balaban J connectivity index is 1.44. The van der Waals surface area contributed by atoms with Gasteiger partial charge in [-0.2, -0.15) is 0 Å². The number of nitrogens with zero attached hydrogens (tertiary/aromatic N) is 4. The Morgan fingerprint density at radius 3 is 2.32 bits per heavy atom. The van der Waals surface area contributed by atoms with Crippen LogP contribution in [0.2, 0.25) is 0 Å². The van der Waals surface area contributed by atoms with E-state index < -0.39 is 0 Å². The van der Waals surface area contributed by atoms with Gasteiger partial charge in [0, 0.05) is 11.1 Å². The summed E-state index contributed by atoms with van der Waals surface area (Å²) in [6, 6.07) is 15.0. The molecule has 9 heteroatoms. The van der Waals surface area contributed by atoms with Gasteiger partial charge in [-0.1, -0.05) is 30.0 Å². The molecule has 0 radical (unpaired) electrons. The van der Waals surface area contributed by atoms with Crippen molar-refractivity contribution < 1.29 is 18.3 Å². The van der Waals surface area contributed by atoms with Crippen molar-refractivity contribution in [3.63, 3.8) is 0 Å². The predicted octanol–water partition coefficient (Wildman–Crippen LogP) is 4.10. The van der Waals surface area contributed by atoms with Crippen LogP contribution in [0.15, 0.2) is 62.6 Å². The van der Waals surface area contributed by atoms with Gasteiger partial charge in [0.05, 0.1) is 20.0 Å². The summed E-state index contributed by atoms with van der Waals surface area (Å²) in [7, 11) is 3.16. The van der Waals surface area contributed by atoms with Gasteiger partial charge in [-0.15, -0.1) is 20.4 Å². The van der Waals surface area contributed by atoms with Gasteiger partial charge >= 0.3 is 0 Å². The number of benzene rings is 2. The van der Waals surface area contributed by atoms with Crippen molar-refractivity contribution in [2.45, 2.75) is 11.0 Å². The van der Waals surface area contributed by atoms with E-state index in [1.165, 1.54) is 11.8 Å². The van der Waals surface area contributed by atoms with Gasteiger partial charge in [0.15, 0.2) is 11.5 Å². The number of aromatic nitrogens is 4. The summed E-state index contributed by atoms with van der Waals surface area (Å²) in [5.41, 5.74) is 1.61. The van der Waals surface area contributed by atoms with Crippen molar-refractivity contribution in [1.29, 1.82) is 0 Å². The van der Waals surface area contributed by atoms with E-state index in [1.54, 1.807) is 26.4 Å². The fraction of sp³-hybridized carbons (Fsp3) is 0.158. The lowest BCUT2D eigenvalue weighted by Gasteiger charge is -2.07. The number of hydrogen-bond donors (Lipinski definition) is 0. The zero-order valence-electron chi connectivity index (χ0n) is 15.2. The summed E-state index contributed by atoms with van der Waals surface area (Å²) in [6.45, 7) is 0. The fourth-order valence-corrected chi connectivity index (χ4v) is 3.09. The SMILES string of the molecule is COc1ccc(-c2nnc(SCc3nnc(-c4ccccc4)o3)o2)cc1OC. The number of methoxy groups -OCH3 is 2. The third kappa shape index (κ3) is 3.84. The number of ether oxygens (including phenoxy) is 2. The van der Waals surface area contributed by atoms with E-state index in [1.807, 2.05) is 36.4 Å². The maximum absolute atomic E-state index is 5.71. The Labute approximate surface area is 164 Å². The number of rotatable bonds is 7. The quantitative estimate of drug-likeness (QED) is 0.428. The molecule has 142 valence electrons. The van der Waals surface area contributed by atoms with Crippen molar-refractivity contribution in [3.05, 3.63) is 54.4 Å². The van der Waals surface area contributed by atoms with Gasteiger partial charge in [0.25, 0.3) is 5.22 Å². The molecule has 0 amide bonds. The van der Waals surface area contributed by atoms with E-state index in [-0.39, 0.29) is 0 Å². The van der Waals surface area contributed by atoms with Crippen LogP contribution < -0.4 is 9.47 Å². The summed E-state index contributed by atoms with van der Waals surface area (Å²) in [5, 5.41) is 16.7. The number of hydrogen-bond acceptors (Lipinski definition) is 9. The summed E-state index contributed by atoms with van der Waals surface area (Å²) < 4.78 is 21.9. The smallest absolute Gasteiger partial charge is 0.277 e. The molecule has 0 N–H and O–H groups in total. The van der Waals surface area contributed by atoms with Crippen LogP contribution in [0.1, 0.15) is 5.89 Å². The molecule has 0 unspecified atom stereocenters. The van der Waals surface area contributed by atoms with Crippen molar-refractivity contribution in [2.24, 2.45) is 0 Å². The van der Waals surface area contributed by atoms with Gasteiger partial charge in [0.2, 0.25) is 17.7 Å². The van der Waals surface area contributed by atoms with E-state index in [9.17, 15) is 0 Å². The molecule has 0 aliphatic rings. The summed E-state index contributed by atoms with van der Waals surface area (Å²) >= 11 is 1.32. The van der Waals surface area contributed by atoms with Gasteiger partial charge in [-0.3, -0.25) is 0 Å². The molecule has 0 saturated carbocycles. The minimum atomic E-state index is 0.388. The zero-order chi connectivity index (χ0) is 19.3. The van der Waals surface area contributed by atoms with Crippen molar-refractivity contribution in [3.8, 4) is 34.4 Å². The van der Waals surface area contributed by atoms with Gasteiger partial charge in [-0.05, 0) is 30.3 Å². The van der Waals surface area contributed by atoms with Gasteiger partial charge < -0.3 is 18.3 Å². The van der Waals surface area contributed by atoms with Crippen LogP contribution in [0, 0.1) is 0 Å². The van der Waals surface area contributed by atoms with Crippen molar-refractivity contribution in [1.82, 2.24) is 20.4 Å². The van der Waals surface area contributed by atoms with E-state index in [2.05, 4.69) is 20.4 Å². The Kier molecular flexibility index (Phi) is 5.24. The van der Waals surface area contributed by atoms with Crippen LogP contribution in [0.4, 0.5) is 0 Å². The second-order valence-electron chi connectivity index (χ2n) is 5.60. The average Bonchev–Trinajstić information content (AvgIpc) is 3.42. The van der Waals surface area contributed by atoms with E-state index in [0.29, 0.717) is 40.1 Å². The third-order valence-corrected chi connectivity index (χ3v) is 4.65. The van der Waals surface area contributed by atoms with Crippen LogP contribution in [-0.4, -0.2) is 34.6 Å². The highest BCUT2D eigenvalue weighted by Gasteiger charge is 2.14. The monoisotopic (exact) mass is 396 g/mol. The van der Waals surface area contributed by atoms with Crippen LogP contribution in [-0.2, 0) is 5.75 Å². The molecule has 2 heterocycles. The summed E-state index contributed by atoms with van der Waals surface area (Å²) in [4.78, 5) is 0. The first-order chi connectivity index (χ1) is 13.8. The second kappa shape index (κ2) is 8.13. The maximum Gasteiger partial charge on any atom is 0.277 e. The van der Waals surface area contributed by atoms with Gasteiger partial charge in [-0.25, -0.2) is 0 Å². The third-order valence-electron chi connectivity index (χ3n) is 3.84. The molecule has 4 rings (SSSR count). The van der Waals surface area contributed by atoms with Crippen LogP contribution in [0.25, 0.3) is 22.9 Å². The first-order valence-electron chi connectivity index (χ1n) is 8.33. The first kappa shape index (κ1) is 18.1. The molecule has 28 heavy (non-hydrogen) atoms. The van der Waals surface area contributed by atoms with Crippen molar-refractivity contribution in [2.75, 3.05) is 14.2 Å². The Bertz CT molecular complexity index is 1060. The van der Waals surface area contributed by atoms with Crippen LogP contribution >= 0.6 is 11.8 Å². The lowest BCUT2D eigenvalue weighted by Crippen LogP contribution is -1.90. The fourth-order valence-electron chi connectivity index (χ4n) is 2.49. The predicted molar refractivity (Wildman–Crippen MR) is 102 cm³/mol. The largest absolute Gasteiger partial charge is 0.493 e. The highest BCUT2D eigenvalue weighted by atomic mass is 32.2. The molecular weight excluding hydrogens is 380 g/mol. The molecule has 0 saturated heterocycles. The Morgan fingerprint density at radius 2 is 1.54 bits per heavy atom. The topological polar surface area (TPSA) is 96.3 Å². The van der Waals surface area contributed by atoms with Gasteiger partial charge in [0.1, 0.15) is 0 Å². The molecule has 0 aliphatic carbocycles. The Hall–Kier alpha value is -3.33.